The number of aromatic amines is 1. The Morgan fingerprint density at radius 1 is 1.14 bits per heavy atom. The molecule has 5 nitrogen and oxygen atoms in total. The second-order valence-corrected chi connectivity index (χ2v) is 5.04. The van der Waals surface area contributed by atoms with Gasteiger partial charge in [-0.15, -0.1) is 0 Å². The Kier molecular flexibility index (Phi) is 3.96. The zero-order valence-corrected chi connectivity index (χ0v) is 12.2. The highest BCUT2D eigenvalue weighted by Crippen LogP contribution is 2.19. The fourth-order valence-electron chi connectivity index (χ4n) is 2.19. The number of aromatic nitrogens is 3. The van der Waals surface area contributed by atoms with Gasteiger partial charge in [-0.2, -0.15) is 5.10 Å². The maximum Gasteiger partial charge on any atom is 0.228 e. The van der Waals surface area contributed by atoms with Crippen molar-refractivity contribution in [2.24, 2.45) is 0 Å². The molecule has 0 spiro atoms. The van der Waals surface area contributed by atoms with Crippen molar-refractivity contribution in [3.8, 4) is 11.4 Å². The van der Waals surface area contributed by atoms with Gasteiger partial charge in [-0.1, -0.05) is 42.5 Å². The minimum absolute atomic E-state index is 0.0467. The molecule has 0 aliphatic heterocycles. The zero-order valence-electron chi connectivity index (χ0n) is 12.2. The van der Waals surface area contributed by atoms with E-state index < -0.39 is 0 Å². The smallest absolute Gasteiger partial charge is 0.228 e. The van der Waals surface area contributed by atoms with Gasteiger partial charge in [0.05, 0.1) is 6.42 Å². The molecule has 0 aliphatic rings. The van der Waals surface area contributed by atoms with Crippen molar-refractivity contribution in [2.75, 3.05) is 5.32 Å². The molecule has 0 unspecified atom stereocenters. The Morgan fingerprint density at radius 2 is 1.95 bits per heavy atom. The molecule has 22 heavy (non-hydrogen) atoms. The van der Waals surface area contributed by atoms with Crippen molar-refractivity contribution < 1.29 is 4.79 Å². The molecular formula is C17H16N4O. The summed E-state index contributed by atoms with van der Waals surface area (Å²) in [4.78, 5) is 16.4. The molecule has 0 saturated heterocycles. The number of carbonyl (C=O) groups is 1. The largest absolute Gasteiger partial charge is 0.326 e. The van der Waals surface area contributed by atoms with Crippen LogP contribution in [0.1, 0.15) is 11.4 Å². The number of nitrogens with one attached hydrogen (secondary N) is 2. The second kappa shape index (κ2) is 6.22. The first-order valence-corrected chi connectivity index (χ1v) is 7.04. The van der Waals surface area contributed by atoms with Gasteiger partial charge in [-0.3, -0.25) is 9.89 Å². The lowest BCUT2D eigenvalue weighted by molar-refractivity contribution is -0.115. The molecule has 0 bridgehead atoms. The van der Waals surface area contributed by atoms with Crippen LogP contribution in [0.15, 0.2) is 54.6 Å². The summed E-state index contributed by atoms with van der Waals surface area (Å²) in [5, 5.41) is 9.84. The first kappa shape index (κ1) is 14.0. The van der Waals surface area contributed by atoms with Crippen molar-refractivity contribution in [3.63, 3.8) is 0 Å². The number of anilines is 1. The maximum absolute atomic E-state index is 12.1. The van der Waals surface area contributed by atoms with Gasteiger partial charge < -0.3 is 5.32 Å². The number of nitrogens with zero attached hydrogens (tertiary/aromatic N) is 2. The first-order valence-electron chi connectivity index (χ1n) is 7.04. The van der Waals surface area contributed by atoms with E-state index in [0.717, 1.165) is 22.6 Å². The standard InChI is InChI=1S/C17H16N4O/c1-12-18-17(21-20-12)14-8-5-9-15(11-14)19-16(22)10-13-6-3-2-4-7-13/h2-9,11H,10H2,1H3,(H,19,22)(H,18,20,21). The molecule has 1 heterocycles. The number of rotatable bonds is 4. The molecule has 5 heteroatoms. The summed E-state index contributed by atoms with van der Waals surface area (Å²) in [5.41, 5.74) is 2.59. The van der Waals surface area contributed by atoms with Crippen LogP contribution in [0.3, 0.4) is 0 Å². The van der Waals surface area contributed by atoms with Gasteiger partial charge in [-0.05, 0) is 24.6 Å². The van der Waals surface area contributed by atoms with Crippen LogP contribution in [0, 0.1) is 6.92 Å². The highest BCUT2D eigenvalue weighted by molar-refractivity contribution is 5.92. The number of hydrogen-bond acceptors (Lipinski definition) is 3. The predicted octanol–water partition coefficient (Wildman–Crippen LogP) is 2.96. The predicted molar refractivity (Wildman–Crippen MR) is 85.3 cm³/mol. The Morgan fingerprint density at radius 3 is 2.68 bits per heavy atom. The van der Waals surface area contributed by atoms with Crippen molar-refractivity contribution >= 4 is 11.6 Å². The number of amides is 1. The second-order valence-electron chi connectivity index (χ2n) is 5.04. The summed E-state index contributed by atoms with van der Waals surface area (Å²) in [7, 11) is 0. The van der Waals surface area contributed by atoms with E-state index in [4.69, 9.17) is 0 Å². The molecule has 1 amide bonds. The summed E-state index contributed by atoms with van der Waals surface area (Å²) >= 11 is 0. The number of aryl methyl sites for hydroxylation is 1. The van der Waals surface area contributed by atoms with Crippen molar-refractivity contribution in [1.82, 2.24) is 15.2 Å². The van der Waals surface area contributed by atoms with Crippen molar-refractivity contribution in [3.05, 3.63) is 66.0 Å². The van der Waals surface area contributed by atoms with E-state index in [1.807, 2.05) is 61.5 Å². The normalized spacial score (nSPS) is 10.4. The van der Waals surface area contributed by atoms with E-state index >= 15 is 0 Å². The van der Waals surface area contributed by atoms with Gasteiger partial charge in [0.2, 0.25) is 5.91 Å². The Bertz CT molecular complexity index is 780. The molecule has 110 valence electrons. The molecule has 0 fully saturated rings. The molecule has 3 aromatic rings. The van der Waals surface area contributed by atoms with E-state index in [9.17, 15) is 4.79 Å². The number of benzene rings is 2. The molecule has 0 radical (unpaired) electrons. The Labute approximate surface area is 128 Å². The minimum atomic E-state index is -0.0467. The van der Waals surface area contributed by atoms with Crippen LogP contribution in [0.25, 0.3) is 11.4 Å². The van der Waals surface area contributed by atoms with Crippen LogP contribution >= 0.6 is 0 Å². The molecule has 2 N–H and O–H groups in total. The highest BCUT2D eigenvalue weighted by Gasteiger charge is 2.07. The summed E-state index contributed by atoms with van der Waals surface area (Å²) in [6, 6.07) is 17.2. The lowest BCUT2D eigenvalue weighted by Crippen LogP contribution is -2.14. The molecule has 3 rings (SSSR count). The Balaban J connectivity index is 1.71. The van der Waals surface area contributed by atoms with Crippen LogP contribution in [0.5, 0.6) is 0 Å². The zero-order chi connectivity index (χ0) is 15.4. The van der Waals surface area contributed by atoms with Gasteiger partial charge in [-0.25, -0.2) is 4.98 Å². The van der Waals surface area contributed by atoms with Crippen molar-refractivity contribution in [2.45, 2.75) is 13.3 Å². The lowest BCUT2D eigenvalue weighted by Gasteiger charge is -2.06. The third-order valence-electron chi connectivity index (χ3n) is 3.21. The summed E-state index contributed by atoms with van der Waals surface area (Å²) in [6.07, 6.45) is 0.352. The summed E-state index contributed by atoms with van der Waals surface area (Å²) in [6.45, 7) is 1.85. The minimum Gasteiger partial charge on any atom is -0.326 e. The fourth-order valence-corrected chi connectivity index (χ4v) is 2.19. The molecule has 1 aromatic heterocycles. The monoisotopic (exact) mass is 292 g/mol. The fraction of sp³-hybridized carbons (Fsp3) is 0.118. The van der Waals surface area contributed by atoms with Gasteiger partial charge in [0.15, 0.2) is 5.82 Å². The van der Waals surface area contributed by atoms with Crippen molar-refractivity contribution in [1.29, 1.82) is 0 Å². The average molecular weight is 292 g/mol. The number of hydrogen-bond donors (Lipinski definition) is 2. The van der Waals surface area contributed by atoms with Gasteiger partial charge in [0.25, 0.3) is 0 Å². The van der Waals surface area contributed by atoms with E-state index in [1.54, 1.807) is 0 Å². The molecule has 0 saturated carbocycles. The van der Waals surface area contributed by atoms with Crippen LogP contribution < -0.4 is 5.32 Å². The van der Waals surface area contributed by atoms with Crippen LogP contribution in [0.2, 0.25) is 0 Å². The van der Waals surface area contributed by atoms with Gasteiger partial charge in [0.1, 0.15) is 5.82 Å². The quantitative estimate of drug-likeness (QED) is 0.776. The van der Waals surface area contributed by atoms with Crippen LogP contribution in [-0.2, 0) is 11.2 Å². The third-order valence-corrected chi connectivity index (χ3v) is 3.21. The van der Waals surface area contributed by atoms with E-state index in [-0.39, 0.29) is 5.91 Å². The first-order chi connectivity index (χ1) is 10.7. The summed E-state index contributed by atoms with van der Waals surface area (Å²) < 4.78 is 0. The maximum atomic E-state index is 12.1. The van der Waals surface area contributed by atoms with Gasteiger partial charge >= 0.3 is 0 Å². The van der Waals surface area contributed by atoms with E-state index in [1.165, 1.54) is 0 Å². The molecular weight excluding hydrogens is 276 g/mol. The van der Waals surface area contributed by atoms with Gasteiger partial charge in [0, 0.05) is 11.3 Å². The molecule has 0 aliphatic carbocycles. The topological polar surface area (TPSA) is 70.7 Å². The van der Waals surface area contributed by atoms with E-state index in [0.29, 0.717) is 12.2 Å². The third kappa shape index (κ3) is 3.38. The number of carbonyl (C=O) groups excluding carboxylic acids is 1. The van der Waals surface area contributed by atoms with Crippen LogP contribution in [-0.4, -0.2) is 21.1 Å². The highest BCUT2D eigenvalue weighted by atomic mass is 16.1. The molecule has 0 atom stereocenters. The number of H-pyrrole nitrogens is 1. The Hall–Kier alpha value is -2.95. The molecule has 2 aromatic carbocycles. The van der Waals surface area contributed by atoms with E-state index in [2.05, 4.69) is 20.5 Å². The lowest BCUT2D eigenvalue weighted by atomic mass is 10.1. The summed E-state index contributed by atoms with van der Waals surface area (Å²) in [5.74, 6) is 1.33. The van der Waals surface area contributed by atoms with Crippen LogP contribution in [0.4, 0.5) is 5.69 Å². The SMILES string of the molecule is Cc1nc(-c2cccc(NC(=O)Cc3ccccc3)c2)n[nH]1. The average Bonchev–Trinajstić information content (AvgIpc) is 2.95.